The topological polar surface area (TPSA) is 122 Å². The molecule has 0 unspecified atom stereocenters. The number of carbonyl (C=O) groups excluding carboxylic acids is 1. The van der Waals surface area contributed by atoms with Crippen molar-refractivity contribution in [2.75, 3.05) is 13.1 Å². The van der Waals surface area contributed by atoms with Crippen LogP contribution in [0.5, 0.6) is 0 Å². The van der Waals surface area contributed by atoms with E-state index in [1.54, 1.807) is 65.6 Å². The number of aromatic nitrogens is 2. The van der Waals surface area contributed by atoms with E-state index in [2.05, 4.69) is 0 Å². The van der Waals surface area contributed by atoms with Crippen molar-refractivity contribution < 1.29 is 29.3 Å². The van der Waals surface area contributed by atoms with Crippen molar-refractivity contribution in [3.8, 4) is 0 Å². The first kappa shape index (κ1) is 32.3. The number of rotatable bonds is 8. The fourth-order valence-electron chi connectivity index (χ4n) is 6.08. The van der Waals surface area contributed by atoms with Gasteiger partial charge >= 0.3 is 18.0 Å². The number of fused-ring (bicyclic) bond motifs is 1. The molecule has 2 N–H and O–H groups in total. The zero-order valence-electron chi connectivity index (χ0n) is 25.3. The highest BCUT2D eigenvalue weighted by Crippen LogP contribution is 2.42. The molecule has 3 aromatic carbocycles. The van der Waals surface area contributed by atoms with Gasteiger partial charge in [0.1, 0.15) is 16.8 Å². The number of aliphatic carboxylic acids is 2. The van der Waals surface area contributed by atoms with Crippen molar-refractivity contribution in [3.05, 3.63) is 99.3 Å². The van der Waals surface area contributed by atoms with Crippen molar-refractivity contribution in [1.82, 2.24) is 14.5 Å². The first-order chi connectivity index (χ1) is 21.3. The second kappa shape index (κ2) is 12.7. The highest BCUT2D eigenvalue weighted by Gasteiger charge is 2.45. The Balaban J connectivity index is 1.64. The number of nitrogens with zero attached hydrogens (tertiary/aromatic N) is 3. The second-order valence-electron chi connectivity index (χ2n) is 12.3. The summed E-state index contributed by atoms with van der Waals surface area (Å²) in [5.41, 5.74) is 0.578. The van der Waals surface area contributed by atoms with E-state index in [4.69, 9.17) is 32.9 Å². The second-order valence-corrected chi connectivity index (χ2v) is 13.1. The number of hydrogen-bond acceptors (Lipinski definition) is 5. The summed E-state index contributed by atoms with van der Waals surface area (Å²) in [5, 5.41) is 21.4. The molecule has 0 bridgehead atoms. The first-order valence-electron chi connectivity index (χ1n) is 14.8. The van der Waals surface area contributed by atoms with Crippen LogP contribution in [-0.2, 0) is 26.2 Å². The van der Waals surface area contributed by atoms with Crippen molar-refractivity contribution in [1.29, 1.82) is 0 Å². The lowest BCUT2D eigenvalue weighted by Crippen LogP contribution is -2.42. The SMILES string of the molecule is CC(C)(C)OC(=O)N1CCC(n2c(CCC(=O)O)nc3ccc(C(C(=O)O)(c4ccc(Cl)cc4)c4ccc(Cl)cc4)cc32)CC1. The van der Waals surface area contributed by atoms with Gasteiger partial charge in [-0.05, 0) is 86.7 Å². The Morgan fingerprint density at radius 2 is 1.40 bits per heavy atom. The van der Waals surface area contributed by atoms with E-state index in [0.29, 0.717) is 69.5 Å². The number of carbonyl (C=O) groups is 3. The minimum absolute atomic E-state index is 0.0991. The molecule has 0 atom stereocenters. The van der Waals surface area contributed by atoms with Crippen LogP contribution < -0.4 is 0 Å². The van der Waals surface area contributed by atoms with Gasteiger partial charge in [0.15, 0.2) is 0 Å². The predicted molar refractivity (Wildman–Crippen MR) is 172 cm³/mol. The normalized spacial score (nSPS) is 14.5. The molecule has 4 aromatic rings. The average Bonchev–Trinajstić information content (AvgIpc) is 3.35. The monoisotopic (exact) mass is 651 g/mol. The van der Waals surface area contributed by atoms with Gasteiger partial charge in [-0.1, -0.05) is 53.5 Å². The number of piperidine rings is 1. The zero-order valence-corrected chi connectivity index (χ0v) is 26.8. The van der Waals surface area contributed by atoms with Gasteiger partial charge in [0.25, 0.3) is 0 Å². The van der Waals surface area contributed by atoms with Gasteiger partial charge in [-0.15, -0.1) is 0 Å². The molecule has 1 saturated heterocycles. The molecule has 1 aromatic heterocycles. The van der Waals surface area contributed by atoms with Crippen LogP contribution in [0.4, 0.5) is 4.79 Å². The molecule has 1 amide bonds. The van der Waals surface area contributed by atoms with Crippen LogP contribution >= 0.6 is 23.2 Å². The minimum atomic E-state index is -1.63. The Labute approximate surface area is 271 Å². The molecular weight excluding hydrogens is 617 g/mol. The standard InChI is InChI=1S/C34H35Cl2N3O6/c1-33(2,3)45-32(44)38-18-16-26(17-19-38)39-28-20-23(8-13-27(28)37-29(39)14-15-30(40)41)34(31(42)43,21-4-9-24(35)10-5-21)22-6-11-25(36)12-7-22/h4-13,20,26H,14-19H2,1-3H3,(H,40,41)(H,42,43). The van der Waals surface area contributed by atoms with E-state index in [1.807, 2.05) is 31.4 Å². The number of aryl methyl sites for hydroxylation is 1. The number of amides is 1. The quantitative estimate of drug-likeness (QED) is 0.191. The molecule has 9 nitrogen and oxygen atoms in total. The Kier molecular flexibility index (Phi) is 9.14. The van der Waals surface area contributed by atoms with Gasteiger partial charge in [0.05, 0.1) is 17.5 Å². The summed E-state index contributed by atoms with van der Waals surface area (Å²) in [7, 11) is 0. The van der Waals surface area contributed by atoms with E-state index in [9.17, 15) is 24.6 Å². The maximum Gasteiger partial charge on any atom is 0.410 e. The van der Waals surface area contributed by atoms with Gasteiger partial charge < -0.3 is 24.4 Å². The van der Waals surface area contributed by atoms with E-state index in [1.165, 1.54) is 0 Å². The Morgan fingerprint density at radius 1 is 0.867 bits per heavy atom. The third-order valence-corrected chi connectivity index (χ3v) is 8.62. The van der Waals surface area contributed by atoms with Gasteiger partial charge in [-0.2, -0.15) is 0 Å². The predicted octanol–water partition coefficient (Wildman–Crippen LogP) is 7.35. The third kappa shape index (κ3) is 6.65. The van der Waals surface area contributed by atoms with E-state index >= 15 is 0 Å². The number of carboxylic acid groups (broad SMARTS) is 2. The number of carboxylic acids is 2. The van der Waals surface area contributed by atoms with Crippen LogP contribution in [0.1, 0.15) is 68.6 Å². The van der Waals surface area contributed by atoms with E-state index in [-0.39, 0.29) is 25.0 Å². The molecule has 45 heavy (non-hydrogen) atoms. The number of imidazole rings is 1. The number of benzene rings is 3. The minimum Gasteiger partial charge on any atom is -0.481 e. The van der Waals surface area contributed by atoms with Crippen LogP contribution in [0.2, 0.25) is 10.0 Å². The van der Waals surface area contributed by atoms with Crippen molar-refractivity contribution in [2.45, 2.75) is 63.5 Å². The average molecular weight is 653 g/mol. The molecule has 0 spiro atoms. The molecule has 5 rings (SSSR count). The molecular formula is C34H35Cl2N3O6. The van der Waals surface area contributed by atoms with Crippen molar-refractivity contribution >= 4 is 52.3 Å². The lowest BCUT2D eigenvalue weighted by atomic mass is 9.69. The zero-order chi connectivity index (χ0) is 32.5. The van der Waals surface area contributed by atoms with Crippen LogP contribution in [0.15, 0.2) is 66.7 Å². The van der Waals surface area contributed by atoms with Gasteiger partial charge in [0, 0.05) is 35.6 Å². The molecule has 236 valence electrons. The fraction of sp³-hybridized carbons (Fsp3) is 0.353. The lowest BCUT2D eigenvalue weighted by molar-refractivity contribution is -0.140. The Bertz CT molecular complexity index is 1670. The summed E-state index contributed by atoms with van der Waals surface area (Å²) < 4.78 is 7.60. The molecule has 2 heterocycles. The summed E-state index contributed by atoms with van der Waals surface area (Å²) in [6, 6.07) is 18.7. The van der Waals surface area contributed by atoms with Gasteiger partial charge in [-0.3, -0.25) is 9.59 Å². The van der Waals surface area contributed by atoms with Crippen LogP contribution in [-0.4, -0.2) is 61.4 Å². The number of halogens is 2. The summed E-state index contributed by atoms with van der Waals surface area (Å²) >= 11 is 12.4. The third-order valence-electron chi connectivity index (χ3n) is 8.11. The molecule has 0 saturated carbocycles. The smallest absolute Gasteiger partial charge is 0.410 e. The Hall–Kier alpha value is -4.08. The fourth-order valence-corrected chi connectivity index (χ4v) is 6.33. The maximum atomic E-state index is 13.5. The molecule has 11 heteroatoms. The number of likely N-dealkylation sites (tertiary alicyclic amines) is 1. The molecule has 1 aliphatic rings. The summed E-state index contributed by atoms with van der Waals surface area (Å²) in [4.78, 5) is 44.3. The molecule has 1 aliphatic heterocycles. The Morgan fingerprint density at radius 3 is 1.89 bits per heavy atom. The van der Waals surface area contributed by atoms with Crippen molar-refractivity contribution in [3.63, 3.8) is 0 Å². The van der Waals surface area contributed by atoms with Gasteiger partial charge in [-0.25, -0.2) is 9.78 Å². The molecule has 0 aliphatic carbocycles. The van der Waals surface area contributed by atoms with Crippen LogP contribution in [0, 0.1) is 0 Å². The summed E-state index contributed by atoms with van der Waals surface area (Å²) in [5.74, 6) is -1.43. The molecule has 0 radical (unpaired) electrons. The van der Waals surface area contributed by atoms with Crippen LogP contribution in [0.3, 0.4) is 0 Å². The van der Waals surface area contributed by atoms with Crippen molar-refractivity contribution in [2.24, 2.45) is 0 Å². The number of ether oxygens (including phenoxy) is 1. The van der Waals surface area contributed by atoms with Gasteiger partial charge in [0.2, 0.25) is 0 Å². The largest absolute Gasteiger partial charge is 0.481 e. The first-order valence-corrected chi connectivity index (χ1v) is 15.5. The summed E-state index contributed by atoms with van der Waals surface area (Å²) in [6.45, 7) is 6.38. The highest BCUT2D eigenvalue weighted by atomic mass is 35.5. The summed E-state index contributed by atoms with van der Waals surface area (Å²) in [6.07, 6.45) is 0.897. The van der Waals surface area contributed by atoms with E-state index in [0.717, 1.165) is 0 Å². The number of hydrogen-bond donors (Lipinski definition) is 2. The van der Waals surface area contributed by atoms with E-state index < -0.39 is 23.0 Å². The maximum absolute atomic E-state index is 13.5. The molecule has 1 fully saturated rings. The van der Waals surface area contributed by atoms with Crippen LogP contribution in [0.25, 0.3) is 11.0 Å². The lowest BCUT2D eigenvalue weighted by Gasteiger charge is -2.35. The highest BCUT2D eigenvalue weighted by molar-refractivity contribution is 6.30.